The van der Waals surface area contributed by atoms with E-state index in [-0.39, 0.29) is 12.2 Å². The Hall–Kier alpha value is -3.31. The van der Waals surface area contributed by atoms with Gasteiger partial charge in [-0.2, -0.15) is 5.26 Å². The van der Waals surface area contributed by atoms with Gasteiger partial charge in [-0.15, -0.1) is 11.3 Å². The predicted molar refractivity (Wildman–Crippen MR) is 123 cm³/mol. The Bertz CT molecular complexity index is 1080. The second kappa shape index (κ2) is 10.8. The van der Waals surface area contributed by atoms with Crippen molar-refractivity contribution < 1.29 is 23.8 Å². The van der Waals surface area contributed by atoms with Crippen molar-refractivity contribution in [3.63, 3.8) is 0 Å². The van der Waals surface area contributed by atoms with Crippen LogP contribution in [0.15, 0.2) is 23.8 Å². The molecular formula is C24H26N2O5S. The van der Waals surface area contributed by atoms with Crippen molar-refractivity contribution in [3.8, 4) is 17.6 Å². The Morgan fingerprint density at radius 2 is 1.97 bits per heavy atom. The van der Waals surface area contributed by atoms with Crippen molar-refractivity contribution >= 4 is 34.3 Å². The SMILES string of the molecule is CCOC(=O)c1c(NC(=O)C(C#N)=Cc2ccc(OC)c(OCC)c2)sc2c1CCCC2. The van der Waals surface area contributed by atoms with E-state index >= 15 is 0 Å². The fourth-order valence-electron chi connectivity index (χ4n) is 3.61. The number of hydrogen-bond donors (Lipinski definition) is 1. The van der Waals surface area contributed by atoms with Crippen LogP contribution in [0.25, 0.3) is 6.08 Å². The quantitative estimate of drug-likeness (QED) is 0.351. The lowest BCUT2D eigenvalue weighted by Crippen LogP contribution is -2.16. The number of nitrogens with zero attached hydrogens (tertiary/aromatic N) is 1. The molecule has 0 atom stereocenters. The normalized spacial score (nSPS) is 13.0. The third kappa shape index (κ3) is 5.11. The van der Waals surface area contributed by atoms with Gasteiger partial charge < -0.3 is 19.5 Å². The standard InChI is InChI=1S/C24H26N2O5S/c1-4-30-19-13-15(10-11-18(19)29-3)12-16(14-25)22(27)26-23-21(24(28)31-5-2)17-8-6-7-9-20(17)32-23/h10-13H,4-9H2,1-3H3,(H,26,27). The second-order valence-electron chi connectivity index (χ2n) is 7.10. The molecule has 1 aromatic carbocycles. The van der Waals surface area contributed by atoms with Gasteiger partial charge in [-0.3, -0.25) is 4.79 Å². The van der Waals surface area contributed by atoms with Gasteiger partial charge in [0, 0.05) is 4.88 Å². The first-order valence-electron chi connectivity index (χ1n) is 10.6. The van der Waals surface area contributed by atoms with Gasteiger partial charge >= 0.3 is 5.97 Å². The van der Waals surface area contributed by atoms with Gasteiger partial charge in [0.1, 0.15) is 16.6 Å². The van der Waals surface area contributed by atoms with Crippen molar-refractivity contribution in [3.05, 3.63) is 45.3 Å². The molecule has 32 heavy (non-hydrogen) atoms. The number of amides is 1. The molecule has 0 aliphatic heterocycles. The molecule has 1 N–H and O–H groups in total. The van der Waals surface area contributed by atoms with E-state index in [4.69, 9.17) is 14.2 Å². The van der Waals surface area contributed by atoms with Gasteiger partial charge in [0.2, 0.25) is 0 Å². The molecule has 1 aliphatic carbocycles. The van der Waals surface area contributed by atoms with E-state index in [1.165, 1.54) is 17.4 Å². The monoisotopic (exact) mass is 454 g/mol. The van der Waals surface area contributed by atoms with Gasteiger partial charge in [0.25, 0.3) is 5.91 Å². The van der Waals surface area contributed by atoms with Crippen LogP contribution >= 0.6 is 11.3 Å². The summed E-state index contributed by atoms with van der Waals surface area (Å²) in [6.45, 7) is 4.31. The topological polar surface area (TPSA) is 97.7 Å². The molecule has 1 aliphatic rings. The van der Waals surface area contributed by atoms with Gasteiger partial charge in [-0.25, -0.2) is 4.79 Å². The largest absolute Gasteiger partial charge is 0.493 e. The smallest absolute Gasteiger partial charge is 0.341 e. The summed E-state index contributed by atoms with van der Waals surface area (Å²) in [5.74, 6) is 0.0683. The van der Waals surface area contributed by atoms with Crippen molar-refractivity contribution in [2.75, 3.05) is 25.6 Å². The van der Waals surface area contributed by atoms with Gasteiger partial charge in [0.15, 0.2) is 11.5 Å². The summed E-state index contributed by atoms with van der Waals surface area (Å²) in [7, 11) is 1.54. The van der Waals surface area contributed by atoms with Gasteiger partial charge in [0.05, 0.1) is 25.9 Å². The molecule has 2 aromatic rings. The maximum absolute atomic E-state index is 12.9. The number of anilines is 1. The van der Waals surface area contributed by atoms with E-state index in [2.05, 4.69) is 5.32 Å². The number of benzene rings is 1. The highest BCUT2D eigenvalue weighted by atomic mass is 32.1. The van der Waals surface area contributed by atoms with Crippen LogP contribution in [0.1, 0.15) is 53.1 Å². The predicted octanol–water partition coefficient (Wildman–Crippen LogP) is 4.76. The van der Waals surface area contributed by atoms with E-state index in [0.717, 1.165) is 36.1 Å². The number of methoxy groups -OCH3 is 1. The summed E-state index contributed by atoms with van der Waals surface area (Å²) in [5.41, 5.74) is 1.91. The number of carbonyl (C=O) groups excluding carboxylic acids is 2. The zero-order chi connectivity index (χ0) is 23.1. The first-order chi connectivity index (χ1) is 15.5. The lowest BCUT2D eigenvalue weighted by atomic mass is 9.95. The summed E-state index contributed by atoms with van der Waals surface area (Å²) < 4.78 is 16.1. The fourth-order valence-corrected chi connectivity index (χ4v) is 4.88. The van der Waals surface area contributed by atoms with E-state index in [1.54, 1.807) is 32.2 Å². The number of nitrogens with one attached hydrogen (secondary N) is 1. The molecule has 1 amide bonds. The minimum Gasteiger partial charge on any atom is -0.493 e. The molecule has 0 fully saturated rings. The minimum atomic E-state index is -0.578. The average Bonchev–Trinajstić information content (AvgIpc) is 3.15. The number of nitriles is 1. The van der Waals surface area contributed by atoms with E-state index < -0.39 is 11.9 Å². The molecule has 0 radical (unpaired) electrons. The van der Waals surface area contributed by atoms with Crippen LogP contribution in [-0.2, 0) is 22.4 Å². The Labute approximate surface area is 191 Å². The lowest BCUT2D eigenvalue weighted by Gasteiger charge is -2.12. The zero-order valence-electron chi connectivity index (χ0n) is 18.4. The molecule has 1 heterocycles. The van der Waals surface area contributed by atoms with E-state index in [9.17, 15) is 14.9 Å². The van der Waals surface area contributed by atoms with E-state index in [1.807, 2.05) is 13.0 Å². The number of hydrogen-bond acceptors (Lipinski definition) is 7. The van der Waals surface area contributed by atoms with Crippen LogP contribution in [0.3, 0.4) is 0 Å². The molecule has 1 aromatic heterocycles. The summed E-state index contributed by atoms with van der Waals surface area (Å²) >= 11 is 1.39. The molecular weight excluding hydrogens is 428 g/mol. The lowest BCUT2D eigenvalue weighted by molar-refractivity contribution is -0.112. The summed E-state index contributed by atoms with van der Waals surface area (Å²) in [5, 5.41) is 12.8. The third-order valence-electron chi connectivity index (χ3n) is 5.04. The number of fused-ring (bicyclic) bond motifs is 1. The molecule has 7 nitrogen and oxygen atoms in total. The summed E-state index contributed by atoms with van der Waals surface area (Å²) in [6, 6.07) is 7.11. The van der Waals surface area contributed by atoms with Crippen LogP contribution < -0.4 is 14.8 Å². The minimum absolute atomic E-state index is 0.0844. The maximum Gasteiger partial charge on any atom is 0.341 e. The molecule has 0 unspecified atom stereocenters. The van der Waals surface area contributed by atoms with Gasteiger partial charge in [-0.05, 0) is 68.9 Å². The Morgan fingerprint density at radius 3 is 2.66 bits per heavy atom. The highest BCUT2D eigenvalue weighted by Gasteiger charge is 2.27. The molecule has 0 saturated heterocycles. The number of aryl methyl sites for hydroxylation is 1. The first kappa shape index (κ1) is 23.4. The Morgan fingerprint density at radius 1 is 1.19 bits per heavy atom. The first-order valence-corrected chi connectivity index (χ1v) is 11.4. The van der Waals surface area contributed by atoms with Crippen LogP contribution in [-0.4, -0.2) is 32.2 Å². The maximum atomic E-state index is 12.9. The number of ether oxygens (including phenoxy) is 3. The highest BCUT2D eigenvalue weighted by molar-refractivity contribution is 7.17. The fraction of sp³-hybridized carbons (Fsp3) is 0.375. The van der Waals surface area contributed by atoms with Crippen LogP contribution in [0, 0.1) is 11.3 Å². The van der Waals surface area contributed by atoms with Crippen molar-refractivity contribution in [2.45, 2.75) is 39.5 Å². The van der Waals surface area contributed by atoms with Crippen LogP contribution in [0.5, 0.6) is 11.5 Å². The number of rotatable bonds is 8. The molecule has 3 rings (SSSR count). The zero-order valence-corrected chi connectivity index (χ0v) is 19.3. The van der Waals surface area contributed by atoms with Crippen molar-refractivity contribution in [2.24, 2.45) is 0 Å². The molecule has 8 heteroatoms. The average molecular weight is 455 g/mol. The summed E-state index contributed by atoms with van der Waals surface area (Å²) in [6.07, 6.45) is 5.17. The Balaban J connectivity index is 1.90. The van der Waals surface area contributed by atoms with E-state index in [0.29, 0.717) is 34.2 Å². The van der Waals surface area contributed by atoms with Crippen molar-refractivity contribution in [1.29, 1.82) is 5.26 Å². The summed E-state index contributed by atoms with van der Waals surface area (Å²) in [4.78, 5) is 26.6. The number of carbonyl (C=O) groups is 2. The highest BCUT2D eigenvalue weighted by Crippen LogP contribution is 2.39. The molecule has 168 valence electrons. The van der Waals surface area contributed by atoms with Gasteiger partial charge in [-0.1, -0.05) is 6.07 Å². The second-order valence-corrected chi connectivity index (χ2v) is 8.21. The number of esters is 1. The number of thiophene rings is 1. The Kier molecular flexibility index (Phi) is 7.90. The molecule has 0 bridgehead atoms. The van der Waals surface area contributed by atoms with Crippen LogP contribution in [0.4, 0.5) is 5.00 Å². The molecule has 0 saturated carbocycles. The third-order valence-corrected chi connectivity index (χ3v) is 6.25. The molecule has 0 spiro atoms. The van der Waals surface area contributed by atoms with Crippen molar-refractivity contribution in [1.82, 2.24) is 0 Å². The van der Waals surface area contributed by atoms with Crippen LogP contribution in [0.2, 0.25) is 0 Å².